The maximum absolute atomic E-state index is 9.82. The molecule has 0 saturated heterocycles. The first-order valence-corrected chi connectivity index (χ1v) is 8.96. The summed E-state index contributed by atoms with van der Waals surface area (Å²) in [6.07, 6.45) is 3.74. The van der Waals surface area contributed by atoms with Gasteiger partial charge in [0, 0.05) is 18.1 Å². The van der Waals surface area contributed by atoms with Gasteiger partial charge in [0.1, 0.15) is 5.75 Å². The van der Waals surface area contributed by atoms with Crippen molar-refractivity contribution in [3.05, 3.63) is 53.1 Å². The fourth-order valence-corrected chi connectivity index (χ4v) is 3.61. The summed E-state index contributed by atoms with van der Waals surface area (Å²) in [5.41, 5.74) is 4.19. The molecule has 2 aromatic carbocycles. The number of ether oxygens (including phenoxy) is 4. The molecule has 27 heavy (non-hydrogen) atoms. The Kier molecular flexibility index (Phi) is 5.91. The molecule has 144 valence electrons. The number of fused-ring (bicyclic) bond motifs is 1. The largest absolute Gasteiger partial charge is 0.497 e. The lowest BCUT2D eigenvalue weighted by Crippen LogP contribution is -2.04. The monoisotopic (exact) mass is 370 g/mol. The zero-order chi connectivity index (χ0) is 19.4. The van der Waals surface area contributed by atoms with Crippen molar-refractivity contribution in [1.29, 1.82) is 0 Å². The van der Waals surface area contributed by atoms with Crippen LogP contribution in [0.3, 0.4) is 0 Å². The molecule has 1 unspecified atom stereocenters. The fourth-order valence-electron chi connectivity index (χ4n) is 3.61. The third-order valence-corrected chi connectivity index (χ3v) is 5.03. The Morgan fingerprint density at radius 2 is 1.63 bits per heavy atom. The predicted octanol–water partition coefficient (Wildman–Crippen LogP) is 3.71. The molecule has 3 rings (SSSR count). The van der Waals surface area contributed by atoms with E-state index in [1.54, 1.807) is 28.4 Å². The molecule has 0 amide bonds. The minimum absolute atomic E-state index is 0.0659. The van der Waals surface area contributed by atoms with Gasteiger partial charge in [-0.2, -0.15) is 0 Å². The van der Waals surface area contributed by atoms with Crippen LogP contribution >= 0.6 is 0 Å². The highest BCUT2D eigenvalue weighted by Crippen LogP contribution is 2.47. The van der Waals surface area contributed by atoms with Gasteiger partial charge in [-0.05, 0) is 47.7 Å². The highest BCUT2D eigenvalue weighted by atomic mass is 16.5. The lowest BCUT2D eigenvalue weighted by molar-refractivity contribution is 0.246. The van der Waals surface area contributed by atoms with Crippen molar-refractivity contribution >= 4 is 5.57 Å². The van der Waals surface area contributed by atoms with Gasteiger partial charge in [-0.15, -0.1) is 0 Å². The molecule has 0 radical (unpaired) electrons. The van der Waals surface area contributed by atoms with Crippen molar-refractivity contribution < 1.29 is 24.1 Å². The van der Waals surface area contributed by atoms with E-state index in [4.69, 9.17) is 18.9 Å². The second kappa shape index (κ2) is 8.35. The Bertz CT molecular complexity index is 824. The van der Waals surface area contributed by atoms with Crippen molar-refractivity contribution in [2.24, 2.45) is 5.92 Å². The lowest BCUT2D eigenvalue weighted by atomic mass is 9.92. The number of hydrogen-bond donors (Lipinski definition) is 1. The van der Waals surface area contributed by atoms with Gasteiger partial charge in [0.05, 0.1) is 28.4 Å². The molecular weight excluding hydrogens is 344 g/mol. The van der Waals surface area contributed by atoms with E-state index in [-0.39, 0.29) is 12.5 Å². The molecule has 0 spiro atoms. The molecule has 5 nitrogen and oxygen atoms in total. The molecular formula is C22H26O5. The molecule has 2 aromatic rings. The van der Waals surface area contributed by atoms with Crippen molar-refractivity contribution in [3.63, 3.8) is 0 Å². The summed E-state index contributed by atoms with van der Waals surface area (Å²) in [4.78, 5) is 0. The van der Waals surface area contributed by atoms with Crippen molar-refractivity contribution in [2.75, 3.05) is 35.0 Å². The molecule has 0 aromatic heterocycles. The van der Waals surface area contributed by atoms with Gasteiger partial charge in [-0.1, -0.05) is 18.2 Å². The van der Waals surface area contributed by atoms with Gasteiger partial charge < -0.3 is 24.1 Å². The Labute approximate surface area is 160 Å². The Hall–Kier alpha value is -2.66. The van der Waals surface area contributed by atoms with Gasteiger partial charge in [-0.3, -0.25) is 0 Å². The molecule has 5 heteroatoms. The van der Waals surface area contributed by atoms with Crippen LogP contribution in [0.4, 0.5) is 0 Å². The highest BCUT2D eigenvalue weighted by molar-refractivity contribution is 5.85. The van der Waals surface area contributed by atoms with E-state index in [0.717, 1.165) is 40.9 Å². The first-order chi connectivity index (χ1) is 13.2. The number of methoxy groups -OCH3 is 4. The summed E-state index contributed by atoms with van der Waals surface area (Å²) >= 11 is 0. The molecule has 1 atom stereocenters. The third-order valence-electron chi connectivity index (χ3n) is 5.03. The van der Waals surface area contributed by atoms with E-state index in [1.807, 2.05) is 30.3 Å². The summed E-state index contributed by atoms with van der Waals surface area (Å²) in [6.45, 7) is 0.101. The lowest BCUT2D eigenvalue weighted by Gasteiger charge is -2.20. The van der Waals surface area contributed by atoms with Crippen LogP contribution in [-0.2, 0) is 6.42 Å². The van der Waals surface area contributed by atoms with Crippen LogP contribution in [0, 0.1) is 5.92 Å². The Morgan fingerprint density at radius 3 is 2.19 bits per heavy atom. The molecule has 1 aliphatic rings. The fraction of sp³-hybridized carbons (Fsp3) is 0.364. The van der Waals surface area contributed by atoms with Gasteiger partial charge in [0.2, 0.25) is 5.75 Å². The van der Waals surface area contributed by atoms with Crippen LogP contribution in [0.15, 0.2) is 36.4 Å². The summed E-state index contributed by atoms with van der Waals surface area (Å²) in [7, 11) is 6.52. The first-order valence-electron chi connectivity index (χ1n) is 8.96. The molecule has 0 aliphatic heterocycles. The Balaban J connectivity index is 2.24. The SMILES string of the molecule is COc1ccc(C2=CC(CO)CCc3c2cc(OC)c(OC)c3OC)cc1. The number of aliphatic hydroxyl groups is 1. The first kappa shape index (κ1) is 19.1. The average molecular weight is 370 g/mol. The molecule has 0 saturated carbocycles. The predicted molar refractivity (Wildman–Crippen MR) is 105 cm³/mol. The zero-order valence-electron chi connectivity index (χ0n) is 16.2. The minimum atomic E-state index is 0.0659. The van der Waals surface area contributed by atoms with Crippen LogP contribution < -0.4 is 18.9 Å². The summed E-state index contributed by atoms with van der Waals surface area (Å²) in [5.74, 6) is 2.77. The number of aliphatic hydroxyl groups excluding tert-OH is 1. The van der Waals surface area contributed by atoms with Gasteiger partial charge >= 0.3 is 0 Å². The third kappa shape index (κ3) is 3.60. The van der Waals surface area contributed by atoms with Crippen molar-refractivity contribution in [1.82, 2.24) is 0 Å². The standard InChI is InChI=1S/C22H26O5/c1-24-16-8-6-15(7-9-16)18-11-14(13-23)5-10-17-19(18)12-20(25-2)22(27-4)21(17)26-3/h6-9,11-12,14,23H,5,10,13H2,1-4H3. The van der Waals surface area contributed by atoms with Crippen LogP contribution in [0.25, 0.3) is 5.57 Å². The maximum Gasteiger partial charge on any atom is 0.203 e. The van der Waals surface area contributed by atoms with Crippen LogP contribution in [-0.4, -0.2) is 40.2 Å². The van der Waals surface area contributed by atoms with E-state index < -0.39 is 0 Å². The minimum Gasteiger partial charge on any atom is -0.497 e. The summed E-state index contributed by atoms with van der Waals surface area (Å²) in [6, 6.07) is 9.92. The molecule has 1 N–H and O–H groups in total. The molecule has 1 aliphatic carbocycles. The quantitative estimate of drug-likeness (QED) is 0.840. The van der Waals surface area contributed by atoms with Crippen molar-refractivity contribution in [3.8, 4) is 23.0 Å². The van der Waals surface area contributed by atoms with Crippen molar-refractivity contribution in [2.45, 2.75) is 12.8 Å². The smallest absolute Gasteiger partial charge is 0.203 e. The molecule has 0 bridgehead atoms. The van der Waals surface area contributed by atoms with Gasteiger partial charge in [-0.25, -0.2) is 0 Å². The van der Waals surface area contributed by atoms with Crippen LogP contribution in [0.5, 0.6) is 23.0 Å². The second-order valence-electron chi connectivity index (χ2n) is 6.46. The number of benzene rings is 2. The molecule has 0 heterocycles. The maximum atomic E-state index is 9.82. The molecule has 0 fully saturated rings. The van der Waals surface area contributed by atoms with E-state index in [0.29, 0.717) is 17.2 Å². The zero-order valence-corrected chi connectivity index (χ0v) is 16.2. The topological polar surface area (TPSA) is 57.2 Å². The van der Waals surface area contributed by atoms with E-state index >= 15 is 0 Å². The summed E-state index contributed by atoms with van der Waals surface area (Å²) in [5, 5.41) is 9.82. The van der Waals surface area contributed by atoms with Crippen LogP contribution in [0.2, 0.25) is 0 Å². The number of hydrogen-bond acceptors (Lipinski definition) is 5. The average Bonchev–Trinajstić information content (AvgIpc) is 2.91. The van der Waals surface area contributed by atoms with E-state index in [2.05, 4.69) is 6.08 Å². The summed E-state index contributed by atoms with van der Waals surface area (Å²) < 4.78 is 22.1. The van der Waals surface area contributed by atoms with Crippen LogP contribution in [0.1, 0.15) is 23.1 Å². The normalized spacial score (nSPS) is 16.0. The van der Waals surface area contributed by atoms with Gasteiger partial charge in [0.15, 0.2) is 11.5 Å². The van der Waals surface area contributed by atoms with E-state index in [1.165, 1.54) is 0 Å². The highest BCUT2D eigenvalue weighted by Gasteiger charge is 2.26. The van der Waals surface area contributed by atoms with E-state index in [9.17, 15) is 5.11 Å². The Morgan fingerprint density at radius 1 is 0.926 bits per heavy atom. The second-order valence-corrected chi connectivity index (χ2v) is 6.46. The van der Waals surface area contributed by atoms with Gasteiger partial charge in [0.25, 0.3) is 0 Å². The number of rotatable bonds is 6.